The molecule has 0 aromatic heterocycles. The van der Waals surface area contributed by atoms with Crippen LogP contribution in [0, 0.1) is 0 Å². The van der Waals surface area contributed by atoms with Gasteiger partial charge in [0, 0.05) is 11.1 Å². The number of carboxylic acid groups (broad SMARTS) is 4. The third kappa shape index (κ3) is 2.32. The minimum atomic E-state index is -2.24. The number of aromatic carboxylic acids is 2. The quantitative estimate of drug-likeness (QED) is 0.518. The summed E-state index contributed by atoms with van der Waals surface area (Å²) < 4.78 is 0. The summed E-state index contributed by atoms with van der Waals surface area (Å²) in [5, 5.41) is 37.1. The Morgan fingerprint density at radius 2 is 1.43 bits per heavy atom. The van der Waals surface area contributed by atoms with E-state index in [0.29, 0.717) is 0 Å². The number of carbonyl (C=O) groups is 4. The van der Waals surface area contributed by atoms with Crippen molar-refractivity contribution in [3.05, 3.63) is 40.5 Å². The first-order valence-corrected chi connectivity index (χ1v) is 6.21. The van der Waals surface area contributed by atoms with E-state index in [1.807, 2.05) is 0 Å². The predicted octanol–water partition coefficient (Wildman–Crippen LogP) is 0.193. The Morgan fingerprint density at radius 1 is 0.913 bits per heavy atom. The SMILES string of the molecule is NC1(C(=O)O)CC=C(C(=O)O)c2c(C(=O)O)ccc(C(=O)O)c21. The van der Waals surface area contributed by atoms with E-state index in [9.17, 15) is 39.6 Å². The van der Waals surface area contributed by atoms with Crippen LogP contribution in [0.3, 0.4) is 0 Å². The molecule has 1 aliphatic rings. The molecule has 9 nitrogen and oxygen atoms in total. The standard InChI is InChI=1S/C14H11NO8/c15-14(13(22)23)4-3-6(11(18)19)8-5(10(16)17)1-2-7(9(8)14)12(20)21/h1-3H,4,15H2,(H,16,17)(H,18,19)(H,20,21)(H,22,23). The van der Waals surface area contributed by atoms with E-state index in [1.165, 1.54) is 0 Å². The van der Waals surface area contributed by atoms with Crippen molar-refractivity contribution in [3.8, 4) is 0 Å². The van der Waals surface area contributed by atoms with E-state index in [4.69, 9.17) is 5.73 Å². The van der Waals surface area contributed by atoms with Crippen molar-refractivity contribution in [2.75, 3.05) is 0 Å². The van der Waals surface area contributed by atoms with Crippen LogP contribution in [-0.4, -0.2) is 44.3 Å². The van der Waals surface area contributed by atoms with Crippen molar-refractivity contribution < 1.29 is 39.6 Å². The Bertz CT molecular complexity index is 794. The predicted molar refractivity (Wildman–Crippen MR) is 74.1 cm³/mol. The highest BCUT2D eigenvalue weighted by atomic mass is 16.4. The van der Waals surface area contributed by atoms with Gasteiger partial charge in [-0.25, -0.2) is 19.2 Å². The number of fused-ring (bicyclic) bond motifs is 1. The van der Waals surface area contributed by atoms with Crippen LogP contribution in [0.2, 0.25) is 0 Å². The summed E-state index contributed by atoms with van der Waals surface area (Å²) in [6.07, 6.45) is 0.497. The average Bonchev–Trinajstić information content (AvgIpc) is 2.45. The number of hydrogen-bond acceptors (Lipinski definition) is 5. The van der Waals surface area contributed by atoms with E-state index in [2.05, 4.69) is 0 Å². The van der Waals surface area contributed by atoms with Gasteiger partial charge in [-0.05, 0) is 18.6 Å². The molecule has 0 saturated heterocycles. The molecule has 0 fully saturated rings. The molecule has 120 valence electrons. The third-order valence-electron chi connectivity index (χ3n) is 3.62. The van der Waals surface area contributed by atoms with E-state index in [0.717, 1.165) is 18.2 Å². The molecule has 0 amide bonds. The topological polar surface area (TPSA) is 175 Å². The summed E-state index contributed by atoms with van der Waals surface area (Å²) in [7, 11) is 0. The second kappa shape index (κ2) is 5.21. The summed E-state index contributed by atoms with van der Waals surface area (Å²) in [5.41, 5.74) is 0.934. The van der Waals surface area contributed by atoms with Gasteiger partial charge in [-0.3, -0.25) is 0 Å². The van der Waals surface area contributed by atoms with Crippen LogP contribution in [0.5, 0.6) is 0 Å². The summed E-state index contributed by atoms with van der Waals surface area (Å²) in [4.78, 5) is 45.6. The number of carboxylic acids is 4. The Kier molecular flexibility index (Phi) is 3.67. The molecule has 2 rings (SSSR count). The molecule has 6 N–H and O–H groups in total. The maximum atomic E-state index is 11.5. The van der Waals surface area contributed by atoms with E-state index < -0.39 is 63.7 Å². The van der Waals surface area contributed by atoms with Crippen molar-refractivity contribution in [1.29, 1.82) is 0 Å². The van der Waals surface area contributed by atoms with Gasteiger partial charge in [-0.2, -0.15) is 0 Å². The van der Waals surface area contributed by atoms with Crippen molar-refractivity contribution in [3.63, 3.8) is 0 Å². The van der Waals surface area contributed by atoms with Crippen molar-refractivity contribution in [1.82, 2.24) is 0 Å². The van der Waals surface area contributed by atoms with Gasteiger partial charge >= 0.3 is 23.9 Å². The first-order valence-electron chi connectivity index (χ1n) is 6.21. The molecule has 0 saturated carbocycles. The molecule has 1 aromatic carbocycles. The van der Waals surface area contributed by atoms with Gasteiger partial charge in [0.05, 0.1) is 16.7 Å². The van der Waals surface area contributed by atoms with Crippen LogP contribution in [0.4, 0.5) is 0 Å². The number of rotatable bonds is 4. The zero-order valence-electron chi connectivity index (χ0n) is 11.4. The zero-order valence-corrected chi connectivity index (χ0v) is 11.4. The minimum Gasteiger partial charge on any atom is -0.480 e. The van der Waals surface area contributed by atoms with Gasteiger partial charge in [0.15, 0.2) is 0 Å². The molecule has 1 unspecified atom stereocenters. The Hall–Kier alpha value is -3.20. The van der Waals surface area contributed by atoms with Crippen molar-refractivity contribution in [2.24, 2.45) is 5.73 Å². The lowest BCUT2D eigenvalue weighted by Gasteiger charge is -2.32. The second-order valence-electron chi connectivity index (χ2n) is 4.92. The average molecular weight is 321 g/mol. The first kappa shape index (κ1) is 16.2. The highest BCUT2D eigenvalue weighted by Gasteiger charge is 2.45. The lowest BCUT2D eigenvalue weighted by Crippen LogP contribution is -2.48. The molecule has 1 atom stereocenters. The maximum Gasteiger partial charge on any atom is 0.336 e. The third-order valence-corrected chi connectivity index (χ3v) is 3.62. The normalized spacial score (nSPS) is 19.4. The zero-order chi connectivity index (χ0) is 17.5. The van der Waals surface area contributed by atoms with Gasteiger partial charge in [-0.1, -0.05) is 6.08 Å². The second-order valence-corrected chi connectivity index (χ2v) is 4.92. The highest BCUT2D eigenvalue weighted by molar-refractivity contribution is 6.20. The van der Waals surface area contributed by atoms with Crippen LogP contribution in [-0.2, 0) is 15.1 Å². The first-order chi connectivity index (χ1) is 10.6. The number of hydrogen-bond donors (Lipinski definition) is 5. The molecule has 0 bridgehead atoms. The minimum absolute atomic E-state index is 0.486. The van der Waals surface area contributed by atoms with Gasteiger partial charge in [0.25, 0.3) is 0 Å². The smallest absolute Gasteiger partial charge is 0.336 e. The summed E-state index contributed by atoms with van der Waals surface area (Å²) in [5.74, 6) is -6.17. The van der Waals surface area contributed by atoms with Gasteiger partial charge < -0.3 is 26.2 Å². The molecule has 1 aromatic rings. The van der Waals surface area contributed by atoms with E-state index in [-0.39, 0.29) is 0 Å². The fourth-order valence-electron chi connectivity index (χ4n) is 2.56. The molecule has 0 aliphatic heterocycles. The van der Waals surface area contributed by atoms with Crippen molar-refractivity contribution >= 4 is 29.5 Å². The number of nitrogens with two attached hydrogens (primary N) is 1. The number of benzene rings is 1. The monoisotopic (exact) mass is 321 g/mol. The summed E-state index contributed by atoms with van der Waals surface area (Å²) in [6, 6.07) is 1.81. The van der Waals surface area contributed by atoms with Gasteiger partial charge in [0.2, 0.25) is 0 Å². The molecule has 9 heteroatoms. The molecule has 0 radical (unpaired) electrons. The molecule has 0 spiro atoms. The summed E-state index contributed by atoms with van der Waals surface area (Å²) in [6.45, 7) is 0. The van der Waals surface area contributed by atoms with Gasteiger partial charge in [-0.15, -0.1) is 0 Å². The van der Waals surface area contributed by atoms with Gasteiger partial charge in [0.1, 0.15) is 5.54 Å². The fraction of sp³-hybridized carbons (Fsp3) is 0.143. The van der Waals surface area contributed by atoms with Crippen LogP contribution in [0.25, 0.3) is 5.57 Å². The maximum absolute atomic E-state index is 11.5. The molecular weight excluding hydrogens is 310 g/mol. The molecule has 1 aliphatic carbocycles. The Balaban J connectivity index is 3.02. The highest BCUT2D eigenvalue weighted by Crippen LogP contribution is 2.40. The Labute approximate surface area is 128 Å². The van der Waals surface area contributed by atoms with Crippen molar-refractivity contribution in [2.45, 2.75) is 12.0 Å². The van der Waals surface area contributed by atoms with E-state index >= 15 is 0 Å². The molecule has 23 heavy (non-hydrogen) atoms. The fourth-order valence-corrected chi connectivity index (χ4v) is 2.56. The lowest BCUT2D eigenvalue weighted by atomic mass is 9.73. The van der Waals surface area contributed by atoms with Crippen LogP contribution in [0.15, 0.2) is 18.2 Å². The molecule has 0 heterocycles. The number of aliphatic carboxylic acids is 2. The van der Waals surface area contributed by atoms with E-state index in [1.54, 1.807) is 0 Å². The molecular formula is C14H11NO8. The lowest BCUT2D eigenvalue weighted by molar-refractivity contribution is -0.143. The Morgan fingerprint density at radius 3 is 1.87 bits per heavy atom. The summed E-state index contributed by atoms with van der Waals surface area (Å²) >= 11 is 0. The van der Waals surface area contributed by atoms with Crippen LogP contribution < -0.4 is 5.73 Å². The largest absolute Gasteiger partial charge is 0.480 e. The van der Waals surface area contributed by atoms with Crippen LogP contribution >= 0.6 is 0 Å². The van der Waals surface area contributed by atoms with Crippen LogP contribution in [0.1, 0.15) is 38.3 Å².